The molecule has 0 aromatic heterocycles. The molecule has 1 aliphatic heterocycles. The van der Waals surface area contributed by atoms with Crippen LogP contribution in [0.2, 0.25) is 0 Å². The standard InChI is InChI=1S/C16H18O2/c1-2-14-10-11-18-12-15(14)5-3-4-13-6-8-16(17)9-7-13/h2,4-9,14-15,17H,1,10-12H2. The van der Waals surface area contributed by atoms with Crippen LogP contribution in [0.15, 0.2) is 48.7 Å². The molecule has 18 heavy (non-hydrogen) atoms. The Labute approximate surface area is 108 Å². The van der Waals surface area contributed by atoms with Gasteiger partial charge in [-0.25, -0.2) is 0 Å². The predicted octanol–water partition coefficient (Wildman–Crippen LogP) is 3.40. The second-order valence-corrected chi connectivity index (χ2v) is 4.50. The number of hydrogen-bond acceptors (Lipinski definition) is 2. The second-order valence-electron chi connectivity index (χ2n) is 4.50. The number of hydrogen-bond donors (Lipinski definition) is 1. The zero-order valence-corrected chi connectivity index (χ0v) is 10.4. The largest absolute Gasteiger partial charge is 0.508 e. The topological polar surface area (TPSA) is 29.5 Å². The van der Waals surface area contributed by atoms with Gasteiger partial charge in [0.15, 0.2) is 0 Å². The second kappa shape index (κ2) is 6.25. The van der Waals surface area contributed by atoms with Crippen molar-refractivity contribution >= 4 is 6.08 Å². The first-order valence-electron chi connectivity index (χ1n) is 6.21. The van der Waals surface area contributed by atoms with Crippen LogP contribution in [0.5, 0.6) is 5.75 Å². The van der Waals surface area contributed by atoms with E-state index in [2.05, 4.69) is 18.4 Å². The van der Waals surface area contributed by atoms with E-state index < -0.39 is 0 Å². The maximum absolute atomic E-state index is 9.18. The summed E-state index contributed by atoms with van der Waals surface area (Å²) in [7, 11) is 0. The molecular weight excluding hydrogens is 224 g/mol. The molecule has 1 aromatic carbocycles. The molecule has 0 bridgehead atoms. The fraction of sp³-hybridized carbons (Fsp3) is 0.312. The summed E-state index contributed by atoms with van der Waals surface area (Å²) in [6, 6.07) is 7.06. The van der Waals surface area contributed by atoms with Gasteiger partial charge < -0.3 is 9.84 Å². The molecule has 1 saturated heterocycles. The summed E-state index contributed by atoms with van der Waals surface area (Å²) in [5, 5.41) is 9.18. The Morgan fingerprint density at radius 1 is 1.28 bits per heavy atom. The van der Waals surface area contributed by atoms with Crippen molar-refractivity contribution < 1.29 is 9.84 Å². The lowest BCUT2D eigenvalue weighted by Gasteiger charge is -2.26. The highest BCUT2D eigenvalue weighted by Crippen LogP contribution is 2.23. The fourth-order valence-electron chi connectivity index (χ4n) is 2.08. The highest BCUT2D eigenvalue weighted by Gasteiger charge is 2.20. The molecule has 2 rings (SSSR count). The zero-order valence-electron chi connectivity index (χ0n) is 10.4. The Morgan fingerprint density at radius 3 is 2.78 bits per heavy atom. The summed E-state index contributed by atoms with van der Waals surface area (Å²) >= 11 is 0. The first kappa shape index (κ1) is 12.7. The molecule has 0 spiro atoms. The van der Waals surface area contributed by atoms with Crippen molar-refractivity contribution in [3.05, 3.63) is 54.3 Å². The van der Waals surface area contributed by atoms with Gasteiger partial charge in [0, 0.05) is 12.5 Å². The number of allylic oxidation sites excluding steroid dienone is 1. The average Bonchev–Trinajstić information content (AvgIpc) is 2.41. The Hall–Kier alpha value is -1.76. The summed E-state index contributed by atoms with van der Waals surface area (Å²) in [6.07, 6.45) is 7.00. The number of benzene rings is 1. The van der Waals surface area contributed by atoms with Gasteiger partial charge in [-0.15, -0.1) is 12.3 Å². The summed E-state index contributed by atoms with van der Waals surface area (Å²) in [4.78, 5) is 0. The van der Waals surface area contributed by atoms with Gasteiger partial charge in [-0.3, -0.25) is 0 Å². The van der Waals surface area contributed by atoms with Gasteiger partial charge in [0.25, 0.3) is 0 Å². The Bertz CT molecular complexity index is 452. The van der Waals surface area contributed by atoms with E-state index in [1.807, 2.05) is 24.3 Å². The van der Waals surface area contributed by atoms with Gasteiger partial charge in [-0.1, -0.05) is 18.2 Å². The van der Waals surface area contributed by atoms with Crippen LogP contribution in [0, 0.1) is 11.8 Å². The average molecular weight is 242 g/mol. The Balaban J connectivity index is 2.04. The van der Waals surface area contributed by atoms with Crippen molar-refractivity contribution in [2.24, 2.45) is 11.8 Å². The number of phenols is 1. The lowest BCUT2D eigenvalue weighted by molar-refractivity contribution is 0.0494. The van der Waals surface area contributed by atoms with E-state index in [1.54, 1.807) is 12.1 Å². The maximum atomic E-state index is 9.18. The van der Waals surface area contributed by atoms with Crippen molar-refractivity contribution in [1.82, 2.24) is 0 Å². The monoisotopic (exact) mass is 242 g/mol. The molecule has 2 heteroatoms. The van der Waals surface area contributed by atoms with Crippen LogP contribution < -0.4 is 0 Å². The quantitative estimate of drug-likeness (QED) is 0.650. The van der Waals surface area contributed by atoms with E-state index in [4.69, 9.17) is 4.74 Å². The molecule has 1 N–H and O–H groups in total. The lowest BCUT2D eigenvalue weighted by atomic mass is 9.88. The van der Waals surface area contributed by atoms with Gasteiger partial charge in [0.1, 0.15) is 5.75 Å². The van der Waals surface area contributed by atoms with Crippen LogP contribution in [0.25, 0.3) is 6.08 Å². The predicted molar refractivity (Wildman–Crippen MR) is 73.3 cm³/mol. The van der Waals surface area contributed by atoms with Gasteiger partial charge >= 0.3 is 0 Å². The van der Waals surface area contributed by atoms with Crippen LogP contribution >= 0.6 is 0 Å². The minimum atomic E-state index is 0.281. The molecule has 1 aliphatic rings. The zero-order chi connectivity index (χ0) is 12.8. The molecular formula is C16H18O2. The highest BCUT2D eigenvalue weighted by molar-refractivity contribution is 5.49. The fourth-order valence-corrected chi connectivity index (χ4v) is 2.08. The molecule has 0 amide bonds. The van der Waals surface area contributed by atoms with Gasteiger partial charge in [-0.05, 0) is 42.2 Å². The van der Waals surface area contributed by atoms with Gasteiger partial charge in [0.2, 0.25) is 0 Å². The smallest absolute Gasteiger partial charge is 0.115 e. The van der Waals surface area contributed by atoms with Gasteiger partial charge in [-0.2, -0.15) is 0 Å². The van der Waals surface area contributed by atoms with Crippen LogP contribution in [-0.2, 0) is 4.74 Å². The molecule has 0 radical (unpaired) electrons. The molecule has 1 heterocycles. The molecule has 2 nitrogen and oxygen atoms in total. The lowest BCUT2D eigenvalue weighted by Crippen LogP contribution is -2.24. The summed E-state index contributed by atoms with van der Waals surface area (Å²) in [5.74, 6) is 1.13. The summed E-state index contributed by atoms with van der Waals surface area (Å²) in [6.45, 7) is 5.43. The number of phenolic OH excluding ortho intramolecular Hbond substituents is 1. The molecule has 1 fully saturated rings. The first-order chi connectivity index (χ1) is 8.79. The highest BCUT2D eigenvalue weighted by atomic mass is 16.5. The van der Waals surface area contributed by atoms with Crippen molar-refractivity contribution in [2.45, 2.75) is 6.42 Å². The van der Waals surface area contributed by atoms with E-state index in [0.29, 0.717) is 11.8 Å². The Kier molecular flexibility index (Phi) is 4.40. The third-order valence-corrected chi connectivity index (χ3v) is 3.21. The van der Waals surface area contributed by atoms with Crippen molar-refractivity contribution in [3.63, 3.8) is 0 Å². The number of ether oxygens (including phenoxy) is 1. The number of rotatable bonds is 3. The van der Waals surface area contributed by atoms with Crippen LogP contribution in [0.3, 0.4) is 0 Å². The molecule has 1 aromatic rings. The van der Waals surface area contributed by atoms with Gasteiger partial charge in [0.05, 0.1) is 6.61 Å². The van der Waals surface area contributed by atoms with E-state index in [9.17, 15) is 5.11 Å². The number of aromatic hydroxyl groups is 1. The normalized spacial score (nSPS) is 22.9. The van der Waals surface area contributed by atoms with Crippen molar-refractivity contribution in [1.29, 1.82) is 0 Å². The molecule has 0 aliphatic carbocycles. The van der Waals surface area contributed by atoms with E-state index in [1.165, 1.54) is 0 Å². The third-order valence-electron chi connectivity index (χ3n) is 3.21. The molecule has 2 atom stereocenters. The van der Waals surface area contributed by atoms with Crippen molar-refractivity contribution in [3.8, 4) is 5.75 Å². The van der Waals surface area contributed by atoms with Crippen LogP contribution in [0.1, 0.15) is 12.0 Å². The summed E-state index contributed by atoms with van der Waals surface area (Å²) < 4.78 is 5.47. The minimum Gasteiger partial charge on any atom is -0.508 e. The van der Waals surface area contributed by atoms with Crippen molar-refractivity contribution in [2.75, 3.05) is 13.2 Å². The third kappa shape index (κ3) is 3.36. The summed E-state index contributed by atoms with van der Waals surface area (Å²) in [5.41, 5.74) is 4.22. The van der Waals surface area contributed by atoms with E-state index in [-0.39, 0.29) is 5.75 Å². The first-order valence-corrected chi connectivity index (χ1v) is 6.21. The van der Waals surface area contributed by atoms with E-state index in [0.717, 1.165) is 25.2 Å². The van der Waals surface area contributed by atoms with Crippen LogP contribution in [-0.4, -0.2) is 18.3 Å². The van der Waals surface area contributed by atoms with E-state index >= 15 is 0 Å². The minimum absolute atomic E-state index is 0.281. The molecule has 0 saturated carbocycles. The SMILES string of the molecule is C=CC1CCOCC1C=C=Cc1ccc(O)cc1. The molecule has 2 unspecified atom stereocenters. The molecule has 94 valence electrons. The Morgan fingerprint density at radius 2 is 2.06 bits per heavy atom. The maximum Gasteiger partial charge on any atom is 0.115 e. The van der Waals surface area contributed by atoms with Crippen LogP contribution in [0.4, 0.5) is 0 Å².